The van der Waals surface area contributed by atoms with Crippen molar-refractivity contribution in [1.29, 1.82) is 0 Å². The number of nitrogens with zero attached hydrogens (tertiary/aromatic N) is 3. The van der Waals surface area contributed by atoms with Crippen LogP contribution in [0.2, 0.25) is 0 Å². The number of likely N-dealkylation sites (N-methyl/N-ethyl adjacent to an activating group) is 2. The van der Waals surface area contributed by atoms with Gasteiger partial charge in [-0.2, -0.15) is 0 Å². The van der Waals surface area contributed by atoms with Crippen molar-refractivity contribution in [2.75, 3.05) is 41.3 Å². The SMILES string of the molecule is C=CC(=C)C(C(=O)N(C)C/C=C\C)N(C)C=O.CC.CC.CCC.CNC.C[C@@H]1CC(C=O)N(C(=O)[C@H](CCCCCCCCCC[C@H](N)C(=O)C=O)NC(=O)NC(C)(C)C)C1. The zero-order valence-electron chi connectivity index (χ0n) is 41.9. The van der Waals surface area contributed by atoms with Crippen molar-refractivity contribution < 1.29 is 33.6 Å². The summed E-state index contributed by atoms with van der Waals surface area (Å²) in [6.45, 7) is 30.2. The number of Topliss-reactive ketones (excluding diaryl/α,β-unsaturated/α-hetero) is 1. The van der Waals surface area contributed by atoms with Crippen LogP contribution in [0, 0.1) is 5.92 Å². The normalized spacial score (nSPS) is 15.1. The van der Waals surface area contributed by atoms with E-state index in [0.717, 1.165) is 57.7 Å². The van der Waals surface area contributed by atoms with Gasteiger partial charge in [-0.3, -0.25) is 24.0 Å². The third kappa shape index (κ3) is 34.4. The van der Waals surface area contributed by atoms with Gasteiger partial charge in [-0.05, 0) is 72.5 Å². The van der Waals surface area contributed by atoms with Gasteiger partial charge in [0.15, 0.2) is 6.29 Å². The fourth-order valence-electron chi connectivity index (χ4n) is 5.79. The summed E-state index contributed by atoms with van der Waals surface area (Å²) in [5.74, 6) is -0.628. The first kappa shape index (κ1) is 66.9. The van der Waals surface area contributed by atoms with Crippen molar-refractivity contribution in [2.45, 2.75) is 183 Å². The number of carbonyl (C=O) groups excluding carboxylic acids is 7. The molecule has 1 rings (SSSR count). The predicted molar refractivity (Wildman–Crippen MR) is 259 cm³/mol. The first-order chi connectivity index (χ1) is 29.3. The van der Waals surface area contributed by atoms with E-state index in [2.05, 4.69) is 43.0 Å². The van der Waals surface area contributed by atoms with Crippen LogP contribution in [-0.4, -0.2) is 128 Å². The van der Waals surface area contributed by atoms with E-state index < -0.39 is 35.5 Å². The molecule has 62 heavy (non-hydrogen) atoms. The lowest BCUT2D eigenvalue weighted by molar-refractivity contribution is -0.137. The summed E-state index contributed by atoms with van der Waals surface area (Å²) >= 11 is 0. The summed E-state index contributed by atoms with van der Waals surface area (Å²) in [5, 5.41) is 8.44. The number of aldehydes is 2. The molecule has 1 fully saturated rings. The van der Waals surface area contributed by atoms with Gasteiger partial charge in [-0.15, -0.1) is 0 Å². The van der Waals surface area contributed by atoms with E-state index in [1.165, 1.54) is 17.4 Å². The number of hydrogen-bond donors (Lipinski definition) is 4. The molecule has 14 heteroatoms. The quantitative estimate of drug-likeness (QED) is 0.0266. The zero-order valence-corrected chi connectivity index (χ0v) is 41.9. The second-order valence-electron chi connectivity index (χ2n) is 15.9. The van der Waals surface area contributed by atoms with Gasteiger partial charge in [0.05, 0.1) is 12.1 Å². The van der Waals surface area contributed by atoms with E-state index >= 15 is 0 Å². The molecule has 362 valence electrons. The summed E-state index contributed by atoms with van der Waals surface area (Å²) in [6, 6.07) is -2.80. The van der Waals surface area contributed by atoms with Gasteiger partial charge in [0, 0.05) is 32.7 Å². The number of hydrogen-bond acceptors (Lipinski definition) is 9. The monoisotopic (exact) mass is 880 g/mol. The number of carbonyl (C=O) groups is 7. The number of likely N-dealkylation sites (tertiary alicyclic amines) is 1. The van der Waals surface area contributed by atoms with Crippen LogP contribution in [0.5, 0.6) is 0 Å². The Morgan fingerprint density at radius 1 is 0.887 bits per heavy atom. The maximum absolute atomic E-state index is 13.2. The molecule has 1 aliphatic heterocycles. The van der Waals surface area contributed by atoms with Gasteiger partial charge in [-0.1, -0.05) is 138 Å². The largest absolute Gasteiger partial charge is 0.340 e. The number of allylic oxidation sites excluding steroid dienone is 1. The smallest absolute Gasteiger partial charge is 0.315 e. The summed E-state index contributed by atoms with van der Waals surface area (Å²) < 4.78 is 0. The summed E-state index contributed by atoms with van der Waals surface area (Å²) in [7, 11) is 6.98. The second-order valence-corrected chi connectivity index (χ2v) is 15.9. The number of nitrogens with two attached hydrogens (primary N) is 1. The highest BCUT2D eigenvalue weighted by Crippen LogP contribution is 2.23. The number of unbranched alkanes of at least 4 members (excludes halogenated alkanes) is 7. The lowest BCUT2D eigenvalue weighted by Crippen LogP contribution is -2.55. The molecule has 0 spiro atoms. The van der Waals surface area contributed by atoms with E-state index in [1.54, 1.807) is 23.9 Å². The molecule has 0 radical (unpaired) electrons. The van der Waals surface area contributed by atoms with Gasteiger partial charge in [0.2, 0.25) is 24.0 Å². The fraction of sp³-hybridized carbons (Fsp3) is 0.729. The minimum Gasteiger partial charge on any atom is -0.340 e. The van der Waals surface area contributed by atoms with Gasteiger partial charge >= 0.3 is 6.03 Å². The molecule has 5 amide bonds. The summed E-state index contributed by atoms with van der Waals surface area (Å²) in [6.07, 6.45) is 17.8. The Morgan fingerprint density at radius 2 is 1.35 bits per heavy atom. The maximum atomic E-state index is 13.2. The highest BCUT2D eigenvalue weighted by molar-refractivity contribution is 6.27. The molecule has 5 N–H and O–H groups in total. The fourth-order valence-corrected chi connectivity index (χ4v) is 5.79. The molecular weight excluding hydrogens is 787 g/mol. The predicted octanol–water partition coefficient (Wildman–Crippen LogP) is 7.41. The first-order valence-corrected chi connectivity index (χ1v) is 22.8. The molecule has 0 aromatic rings. The molecule has 14 nitrogen and oxygen atoms in total. The number of nitrogens with one attached hydrogen (secondary N) is 3. The Kier molecular flexibility index (Phi) is 46.9. The minimum atomic E-state index is -0.680. The minimum absolute atomic E-state index is 0.178. The molecule has 2 unspecified atom stereocenters. The van der Waals surface area contributed by atoms with Gasteiger partial charge < -0.3 is 41.2 Å². The van der Waals surface area contributed by atoms with Gasteiger partial charge in [0.1, 0.15) is 18.4 Å². The van der Waals surface area contributed by atoms with E-state index in [-0.39, 0.29) is 23.8 Å². The van der Waals surface area contributed by atoms with Crippen LogP contribution in [0.4, 0.5) is 4.79 Å². The number of urea groups is 1. The second kappa shape index (κ2) is 43.5. The molecule has 5 atom stereocenters. The highest BCUT2D eigenvalue weighted by Gasteiger charge is 2.36. The molecular formula is C48H93N7O7. The van der Waals surface area contributed by atoms with E-state index in [9.17, 15) is 33.6 Å². The zero-order chi connectivity index (χ0) is 49.3. The molecule has 1 saturated heterocycles. The molecule has 0 saturated carbocycles. The van der Waals surface area contributed by atoms with Crippen LogP contribution in [0.3, 0.4) is 0 Å². The van der Waals surface area contributed by atoms with Crippen LogP contribution in [-0.2, 0) is 28.8 Å². The van der Waals surface area contributed by atoms with Crippen LogP contribution >= 0.6 is 0 Å². The highest BCUT2D eigenvalue weighted by atomic mass is 16.2. The molecule has 1 heterocycles. The molecule has 0 aromatic heterocycles. The van der Waals surface area contributed by atoms with Crippen LogP contribution in [0.15, 0.2) is 37.0 Å². The third-order valence-corrected chi connectivity index (χ3v) is 8.74. The van der Waals surface area contributed by atoms with Crippen LogP contribution < -0.4 is 21.7 Å². The third-order valence-electron chi connectivity index (χ3n) is 8.74. The standard InChI is InChI=1S/C26H46N4O5.C13H20N2O2.C3H8.C2H7N.2C2H6/c1-19-15-20(17-31)30(16-19)24(34)22(28-25(35)29-26(2,3)4)14-12-10-8-6-5-7-9-11-13-21(27)23(33)18-32;1-6-8-9-14(4)13(17)12(11(3)7-2)15(5)10-16;2*1-3-2;2*1-2/h17-22H,5-16,27H2,1-4H3,(H2,28,29,35);6-8,10,12H,2-3,9H2,1,4-5H3;3H2,1-2H3;3H,1-2H3;2*1-2H3/b;8-6-;;;;/t19-,20?,21+,22+;;;;;/m1...../s1. The maximum Gasteiger partial charge on any atom is 0.315 e. The van der Waals surface area contributed by atoms with Crippen molar-refractivity contribution in [2.24, 2.45) is 11.7 Å². The summed E-state index contributed by atoms with van der Waals surface area (Å²) in [5.41, 5.74) is 5.73. The molecule has 1 aliphatic rings. The van der Waals surface area contributed by atoms with Crippen molar-refractivity contribution in [3.8, 4) is 0 Å². The van der Waals surface area contributed by atoms with Crippen LogP contribution in [0.25, 0.3) is 0 Å². The Hall–Kier alpha value is -4.17. The Balaban J connectivity index is -0.000000333. The average Bonchev–Trinajstić information content (AvgIpc) is 3.63. The number of ketones is 1. The average molecular weight is 880 g/mol. The van der Waals surface area contributed by atoms with E-state index in [4.69, 9.17) is 5.73 Å². The van der Waals surface area contributed by atoms with Crippen molar-refractivity contribution in [1.82, 2.24) is 30.7 Å². The van der Waals surface area contributed by atoms with Crippen molar-refractivity contribution >= 4 is 42.6 Å². The number of rotatable bonds is 23. The molecule has 0 aliphatic carbocycles. The lowest BCUT2D eigenvalue weighted by Gasteiger charge is -2.28. The molecule has 0 aromatic carbocycles. The Labute approximate surface area is 378 Å². The van der Waals surface area contributed by atoms with E-state index in [0.29, 0.717) is 50.6 Å². The first-order valence-electron chi connectivity index (χ1n) is 22.8. The van der Waals surface area contributed by atoms with Gasteiger partial charge in [-0.25, -0.2) is 4.79 Å². The Bertz CT molecular complexity index is 1250. The summed E-state index contributed by atoms with van der Waals surface area (Å²) in [4.78, 5) is 86.1. The van der Waals surface area contributed by atoms with Crippen molar-refractivity contribution in [3.63, 3.8) is 0 Å². The Morgan fingerprint density at radius 3 is 1.76 bits per heavy atom. The van der Waals surface area contributed by atoms with Crippen LogP contribution in [0.1, 0.15) is 153 Å². The van der Waals surface area contributed by atoms with Gasteiger partial charge in [0.25, 0.3) is 0 Å². The topological polar surface area (TPSA) is 191 Å². The van der Waals surface area contributed by atoms with Crippen molar-refractivity contribution in [3.05, 3.63) is 37.0 Å². The number of amides is 5. The molecule has 0 bridgehead atoms. The lowest BCUT2D eigenvalue weighted by atomic mass is 10.0. The van der Waals surface area contributed by atoms with E-state index in [1.807, 2.05) is 88.6 Å².